The van der Waals surface area contributed by atoms with E-state index in [2.05, 4.69) is 57.4 Å². The van der Waals surface area contributed by atoms with Gasteiger partial charge in [0.25, 0.3) is 0 Å². The molecule has 2 rings (SSSR count). The lowest BCUT2D eigenvalue weighted by molar-refractivity contribution is 0.352. The molecule has 0 aliphatic heterocycles. The lowest BCUT2D eigenvalue weighted by atomic mass is 10.0. The van der Waals surface area contributed by atoms with Crippen LogP contribution in [-0.4, -0.2) is 13.2 Å². The van der Waals surface area contributed by atoms with E-state index in [0.29, 0.717) is 13.2 Å². The van der Waals surface area contributed by atoms with Gasteiger partial charge in [-0.1, -0.05) is 61.2 Å². The van der Waals surface area contributed by atoms with Gasteiger partial charge in [0.15, 0.2) is 0 Å². The summed E-state index contributed by atoms with van der Waals surface area (Å²) in [5.74, 6) is 1.60. The first-order valence-electron chi connectivity index (χ1n) is 8.01. The summed E-state index contributed by atoms with van der Waals surface area (Å²) in [5, 5.41) is 0. The van der Waals surface area contributed by atoms with Gasteiger partial charge in [-0.05, 0) is 43.2 Å². The molecule has 0 aliphatic rings. The first-order valence-corrected chi connectivity index (χ1v) is 8.01. The minimum absolute atomic E-state index is 0.469. The van der Waals surface area contributed by atoms with E-state index in [1.807, 2.05) is 18.2 Å². The van der Waals surface area contributed by atoms with Crippen LogP contribution in [0.3, 0.4) is 0 Å². The highest BCUT2D eigenvalue weighted by Crippen LogP contribution is 2.27. The molecule has 0 spiro atoms. The number of aryl methyl sites for hydroxylation is 2. The molecule has 0 aromatic heterocycles. The maximum Gasteiger partial charge on any atom is 0.127 e. The zero-order valence-electron chi connectivity index (χ0n) is 14.4. The smallest absolute Gasteiger partial charge is 0.127 e. The highest BCUT2D eigenvalue weighted by atomic mass is 16.5. The first-order chi connectivity index (χ1) is 11.6. The van der Waals surface area contributed by atoms with E-state index in [4.69, 9.17) is 9.47 Å². The maximum absolute atomic E-state index is 5.74. The van der Waals surface area contributed by atoms with E-state index in [1.54, 1.807) is 12.2 Å². The molecule has 2 aromatic rings. The summed E-state index contributed by atoms with van der Waals surface area (Å²) in [6.45, 7) is 12.5. The summed E-state index contributed by atoms with van der Waals surface area (Å²) in [7, 11) is 0. The Morgan fingerprint density at radius 1 is 0.833 bits per heavy atom. The molecular formula is C22H24O2. The molecule has 2 heteroatoms. The molecule has 0 heterocycles. The summed E-state index contributed by atoms with van der Waals surface area (Å²) in [5.41, 5.74) is 4.65. The van der Waals surface area contributed by atoms with Crippen LogP contribution in [0.1, 0.15) is 22.3 Å². The van der Waals surface area contributed by atoms with Crippen molar-refractivity contribution in [1.82, 2.24) is 0 Å². The van der Waals surface area contributed by atoms with E-state index < -0.39 is 0 Å². The number of ether oxygens (including phenoxy) is 2. The van der Waals surface area contributed by atoms with Crippen molar-refractivity contribution in [2.75, 3.05) is 13.2 Å². The second-order valence-corrected chi connectivity index (χ2v) is 5.59. The quantitative estimate of drug-likeness (QED) is 0.465. The Hall–Kier alpha value is -2.74. The van der Waals surface area contributed by atoms with Gasteiger partial charge in [0.1, 0.15) is 24.7 Å². The molecule has 0 amide bonds. The lowest BCUT2D eigenvalue weighted by Crippen LogP contribution is -1.97. The molecule has 0 bridgehead atoms. The van der Waals surface area contributed by atoms with Crippen molar-refractivity contribution in [2.45, 2.75) is 13.8 Å². The third-order valence-electron chi connectivity index (χ3n) is 3.58. The van der Waals surface area contributed by atoms with Crippen molar-refractivity contribution in [3.8, 4) is 11.5 Å². The largest absolute Gasteiger partial charge is 0.490 e. The zero-order chi connectivity index (χ0) is 17.4. The van der Waals surface area contributed by atoms with Gasteiger partial charge in [-0.25, -0.2) is 0 Å². The minimum atomic E-state index is 0.469. The van der Waals surface area contributed by atoms with Crippen LogP contribution in [0.5, 0.6) is 11.5 Å². The predicted octanol–water partition coefficient (Wildman–Crippen LogP) is 5.60. The van der Waals surface area contributed by atoms with Crippen LogP contribution >= 0.6 is 0 Å². The van der Waals surface area contributed by atoms with Crippen molar-refractivity contribution in [3.05, 3.63) is 84.0 Å². The van der Waals surface area contributed by atoms with Gasteiger partial charge < -0.3 is 9.47 Å². The number of hydrogen-bond acceptors (Lipinski definition) is 2. The molecule has 0 saturated heterocycles. The van der Waals surface area contributed by atoms with E-state index in [0.717, 1.165) is 17.1 Å². The van der Waals surface area contributed by atoms with Crippen molar-refractivity contribution in [3.63, 3.8) is 0 Å². The molecule has 2 nitrogen and oxygen atoms in total. The van der Waals surface area contributed by atoms with Crippen LogP contribution in [0.2, 0.25) is 0 Å². The number of benzene rings is 2. The summed E-state index contributed by atoms with van der Waals surface area (Å²) >= 11 is 0. The topological polar surface area (TPSA) is 18.5 Å². The SMILES string of the molecule is C=CCOc1ccc(OCC=C)c(/C=C/c2cc(C)ccc2C)c1. The second-order valence-electron chi connectivity index (χ2n) is 5.59. The van der Waals surface area contributed by atoms with Gasteiger partial charge in [-0.2, -0.15) is 0 Å². The van der Waals surface area contributed by atoms with Crippen LogP contribution in [-0.2, 0) is 0 Å². The monoisotopic (exact) mass is 320 g/mol. The third-order valence-corrected chi connectivity index (χ3v) is 3.58. The van der Waals surface area contributed by atoms with Crippen LogP contribution < -0.4 is 9.47 Å². The van der Waals surface area contributed by atoms with Crippen LogP contribution in [0.15, 0.2) is 61.7 Å². The molecule has 2 aromatic carbocycles. The number of hydrogen-bond donors (Lipinski definition) is 0. The molecule has 0 unspecified atom stereocenters. The Labute approximate surface area is 144 Å². The molecule has 0 fully saturated rings. The van der Waals surface area contributed by atoms with Crippen molar-refractivity contribution < 1.29 is 9.47 Å². The van der Waals surface area contributed by atoms with Gasteiger partial charge >= 0.3 is 0 Å². The van der Waals surface area contributed by atoms with E-state index in [9.17, 15) is 0 Å². The molecule has 0 radical (unpaired) electrons. The van der Waals surface area contributed by atoms with Crippen LogP contribution in [0.4, 0.5) is 0 Å². The molecule has 0 aliphatic carbocycles. The molecule has 0 atom stereocenters. The van der Waals surface area contributed by atoms with E-state index >= 15 is 0 Å². The van der Waals surface area contributed by atoms with E-state index in [-0.39, 0.29) is 0 Å². The first kappa shape index (κ1) is 17.6. The van der Waals surface area contributed by atoms with Gasteiger partial charge in [-0.15, -0.1) is 0 Å². The van der Waals surface area contributed by atoms with Crippen molar-refractivity contribution >= 4 is 12.2 Å². The molecule has 0 saturated carbocycles. The Morgan fingerprint density at radius 3 is 2.29 bits per heavy atom. The van der Waals surface area contributed by atoms with Crippen molar-refractivity contribution in [2.24, 2.45) is 0 Å². The fourth-order valence-electron chi connectivity index (χ4n) is 2.30. The average Bonchev–Trinajstić information content (AvgIpc) is 2.59. The molecular weight excluding hydrogens is 296 g/mol. The maximum atomic E-state index is 5.74. The highest BCUT2D eigenvalue weighted by Gasteiger charge is 2.04. The Balaban J connectivity index is 2.33. The van der Waals surface area contributed by atoms with Gasteiger partial charge in [-0.3, -0.25) is 0 Å². The minimum Gasteiger partial charge on any atom is -0.490 e. The summed E-state index contributed by atoms with van der Waals surface area (Å²) in [6, 6.07) is 12.2. The predicted molar refractivity (Wildman–Crippen MR) is 103 cm³/mol. The van der Waals surface area contributed by atoms with E-state index in [1.165, 1.54) is 16.7 Å². The second kappa shape index (κ2) is 8.78. The fraction of sp³-hybridized carbons (Fsp3) is 0.182. The van der Waals surface area contributed by atoms with Crippen LogP contribution in [0.25, 0.3) is 12.2 Å². The number of rotatable bonds is 8. The molecule has 24 heavy (non-hydrogen) atoms. The standard InChI is InChI=1S/C22H24O2/c1-5-13-23-21-11-12-22(24-14-6-2)20(16-21)10-9-19-15-17(3)7-8-18(19)4/h5-12,15-16H,1-2,13-14H2,3-4H3/b10-9+. The van der Waals surface area contributed by atoms with Crippen molar-refractivity contribution in [1.29, 1.82) is 0 Å². The Morgan fingerprint density at radius 2 is 1.54 bits per heavy atom. The normalized spacial score (nSPS) is 10.6. The summed E-state index contributed by atoms with van der Waals surface area (Å²) in [4.78, 5) is 0. The molecule has 124 valence electrons. The Kier molecular flexibility index (Phi) is 6.44. The fourth-order valence-corrected chi connectivity index (χ4v) is 2.30. The lowest BCUT2D eigenvalue weighted by Gasteiger charge is -2.10. The van der Waals surface area contributed by atoms with Crippen LogP contribution in [0, 0.1) is 13.8 Å². The average molecular weight is 320 g/mol. The summed E-state index contributed by atoms with van der Waals surface area (Å²) < 4.78 is 11.4. The summed E-state index contributed by atoms with van der Waals surface area (Å²) in [6.07, 6.45) is 7.63. The zero-order valence-corrected chi connectivity index (χ0v) is 14.4. The molecule has 0 N–H and O–H groups in total. The highest BCUT2D eigenvalue weighted by molar-refractivity contribution is 5.74. The van der Waals surface area contributed by atoms with Gasteiger partial charge in [0.05, 0.1) is 0 Å². The van der Waals surface area contributed by atoms with Gasteiger partial charge in [0, 0.05) is 5.56 Å². The van der Waals surface area contributed by atoms with Gasteiger partial charge in [0.2, 0.25) is 0 Å². The Bertz CT molecular complexity index is 742. The third kappa shape index (κ3) is 4.88.